The number of rotatable bonds is 14. The van der Waals surface area contributed by atoms with Gasteiger partial charge in [0.1, 0.15) is 11.2 Å². The summed E-state index contributed by atoms with van der Waals surface area (Å²) in [5, 5.41) is 2.31. The fourth-order valence-corrected chi connectivity index (χ4v) is 13.9. The molecule has 73 heavy (non-hydrogen) atoms. The van der Waals surface area contributed by atoms with Gasteiger partial charge in [0.05, 0.1) is 5.69 Å². The summed E-state index contributed by atoms with van der Waals surface area (Å²) in [5.41, 5.74) is 24.1. The van der Waals surface area contributed by atoms with Crippen LogP contribution in [0.4, 0.5) is 39.8 Å². The molecular formula is C68H68BN3O. The maximum atomic E-state index is 6.93. The van der Waals surface area contributed by atoms with Crippen molar-refractivity contribution in [1.29, 1.82) is 0 Å². The smallest absolute Gasteiger partial charge is 0.329 e. The van der Waals surface area contributed by atoms with Crippen LogP contribution in [0.5, 0.6) is 0 Å². The van der Waals surface area contributed by atoms with E-state index in [4.69, 9.17) is 4.42 Å². The lowest BCUT2D eigenvalue weighted by Crippen LogP contribution is -2.70. The Kier molecular flexibility index (Phi) is 11.4. The van der Waals surface area contributed by atoms with E-state index in [9.17, 15) is 0 Å². The highest BCUT2D eigenvalue weighted by Crippen LogP contribution is 2.64. The Bertz CT molecular complexity index is 3540. The Morgan fingerprint density at radius 3 is 1.95 bits per heavy atom. The van der Waals surface area contributed by atoms with Gasteiger partial charge in [-0.3, -0.25) is 0 Å². The molecule has 1 aromatic heterocycles. The van der Waals surface area contributed by atoms with E-state index in [1.807, 2.05) is 0 Å². The van der Waals surface area contributed by atoms with E-state index in [-0.39, 0.29) is 17.8 Å². The number of para-hydroxylation sites is 2. The van der Waals surface area contributed by atoms with Crippen molar-refractivity contribution in [1.82, 2.24) is 0 Å². The van der Waals surface area contributed by atoms with E-state index in [0.717, 1.165) is 71.8 Å². The summed E-state index contributed by atoms with van der Waals surface area (Å²) in [5.74, 6) is 0. The number of anilines is 7. The van der Waals surface area contributed by atoms with Crippen molar-refractivity contribution >= 4 is 79.5 Å². The highest BCUT2D eigenvalue weighted by molar-refractivity contribution is 6.93. The first-order chi connectivity index (χ1) is 35.8. The summed E-state index contributed by atoms with van der Waals surface area (Å²) in [6, 6.07) is 63.1. The highest BCUT2D eigenvalue weighted by Gasteiger charge is 2.63. The van der Waals surface area contributed by atoms with Crippen molar-refractivity contribution in [2.24, 2.45) is 0 Å². The van der Waals surface area contributed by atoms with Gasteiger partial charge in [-0.25, -0.2) is 0 Å². The Labute approximate surface area is 433 Å². The number of aryl methyl sites for hydroxylation is 3. The van der Waals surface area contributed by atoms with E-state index in [1.165, 1.54) is 123 Å². The Hall–Kier alpha value is -6.98. The summed E-state index contributed by atoms with van der Waals surface area (Å²) < 4.78 is 6.93. The fourth-order valence-electron chi connectivity index (χ4n) is 13.9. The van der Waals surface area contributed by atoms with Gasteiger partial charge < -0.3 is 19.0 Å². The average Bonchev–Trinajstić information content (AvgIpc) is 3.89. The summed E-state index contributed by atoms with van der Waals surface area (Å²) in [4.78, 5) is 8.19. The third-order valence-corrected chi connectivity index (χ3v) is 17.9. The summed E-state index contributed by atoms with van der Waals surface area (Å²) in [6.07, 6.45) is 15.1. The van der Waals surface area contributed by atoms with E-state index >= 15 is 0 Å². The molecule has 13 rings (SSSR count). The normalized spacial score (nSPS) is 18.2. The molecule has 4 heterocycles. The van der Waals surface area contributed by atoms with Crippen LogP contribution >= 0.6 is 0 Å². The average molecular weight is 954 g/mol. The van der Waals surface area contributed by atoms with E-state index in [1.54, 1.807) is 5.56 Å². The van der Waals surface area contributed by atoms with Crippen LogP contribution in [-0.4, -0.2) is 12.4 Å². The van der Waals surface area contributed by atoms with Gasteiger partial charge in [-0.1, -0.05) is 151 Å². The zero-order valence-corrected chi connectivity index (χ0v) is 43.6. The zero-order valence-electron chi connectivity index (χ0n) is 43.6. The van der Waals surface area contributed by atoms with Crippen molar-refractivity contribution in [3.63, 3.8) is 0 Å². The first kappa shape index (κ1) is 45.9. The summed E-state index contributed by atoms with van der Waals surface area (Å²) >= 11 is 0. The van der Waals surface area contributed by atoms with Crippen molar-refractivity contribution in [2.75, 3.05) is 14.6 Å². The van der Waals surface area contributed by atoms with Gasteiger partial charge in [0.25, 0.3) is 0 Å². The summed E-state index contributed by atoms with van der Waals surface area (Å²) in [7, 11) is 0. The zero-order chi connectivity index (χ0) is 49.4. The maximum Gasteiger partial charge on any atom is 0.329 e. The molecule has 1 aliphatic carbocycles. The molecule has 9 aromatic rings. The lowest BCUT2D eigenvalue weighted by molar-refractivity contribution is 0.199. The number of nitrogens with zero attached hydrogens (tertiary/aromatic N) is 3. The topological polar surface area (TPSA) is 22.9 Å². The third kappa shape index (κ3) is 7.23. The number of fused-ring (bicyclic) bond motifs is 10. The van der Waals surface area contributed by atoms with Gasteiger partial charge in [0.15, 0.2) is 0 Å². The van der Waals surface area contributed by atoms with Crippen molar-refractivity contribution in [3.8, 4) is 22.3 Å². The van der Waals surface area contributed by atoms with Gasteiger partial charge in [-0.05, 0) is 175 Å². The van der Waals surface area contributed by atoms with Gasteiger partial charge in [0.2, 0.25) is 0 Å². The number of hydrogen-bond acceptors (Lipinski definition) is 4. The van der Waals surface area contributed by atoms with E-state index in [0.29, 0.717) is 0 Å². The summed E-state index contributed by atoms with van der Waals surface area (Å²) in [6.45, 7) is 12.1. The van der Waals surface area contributed by atoms with Crippen LogP contribution in [0.25, 0.3) is 44.2 Å². The number of hydrogen-bond donors (Lipinski definition) is 0. The Morgan fingerprint density at radius 2 is 1.18 bits per heavy atom. The Balaban J connectivity index is 1.17. The van der Waals surface area contributed by atoms with Crippen LogP contribution in [0.2, 0.25) is 0 Å². The standard InChI is InChI=1S/C68H68BN3O/c1-6-9-22-46-31-34-51(35-32-46)70(50-27-16-13-17-28-50)52-42-56-57-40-48(24-11-8-3)41-58-66(57)72(68(5)38-21-20-37-67(58,68)4)69-59-45-64-55(53-29-18-19-30-63(53)73-64)44-61(59)71(62(43-52)65(56)69)60-36-33-47(23-10-7-2)39-54(60)49-25-14-12-15-26-49/h12-19,25-36,39-45H,6-11,20-24,37-38H2,1-5H3. The molecule has 4 aliphatic rings. The highest BCUT2D eigenvalue weighted by atomic mass is 16.3. The minimum Gasteiger partial charge on any atom is -0.456 e. The molecule has 0 amide bonds. The molecule has 0 radical (unpaired) electrons. The van der Waals surface area contributed by atoms with Gasteiger partial charge in [0, 0.05) is 67.0 Å². The number of unbranched alkanes of at least 4 members (excludes halogenated alkanes) is 3. The van der Waals surface area contributed by atoms with Crippen molar-refractivity contribution in [3.05, 3.63) is 186 Å². The molecule has 1 fully saturated rings. The van der Waals surface area contributed by atoms with E-state index < -0.39 is 0 Å². The first-order valence-corrected chi connectivity index (χ1v) is 27.8. The second-order valence-corrected chi connectivity index (χ2v) is 22.3. The second-order valence-electron chi connectivity index (χ2n) is 22.3. The van der Waals surface area contributed by atoms with Crippen LogP contribution in [0.15, 0.2) is 168 Å². The molecular weight excluding hydrogens is 886 g/mol. The molecule has 3 aliphatic heterocycles. The van der Waals surface area contributed by atoms with Gasteiger partial charge >= 0.3 is 6.85 Å². The molecule has 2 unspecified atom stereocenters. The second kappa shape index (κ2) is 18.2. The first-order valence-electron chi connectivity index (χ1n) is 27.8. The molecule has 5 heteroatoms. The largest absolute Gasteiger partial charge is 0.456 e. The molecule has 0 bridgehead atoms. The molecule has 0 spiro atoms. The molecule has 8 aromatic carbocycles. The molecule has 364 valence electrons. The maximum absolute atomic E-state index is 6.93. The van der Waals surface area contributed by atoms with Crippen LogP contribution in [-0.2, 0) is 24.7 Å². The number of furan rings is 1. The SMILES string of the molecule is CCCCc1ccc(N(c2ccccc2)c2cc3c4c(c2)N(c2ccc(CCCC)cc2-c2ccccc2)c2cc5c(cc2B4N2c4c-3cc(CCCC)cc4C3(C)CCCCC23C)oc2ccccc25)cc1. The van der Waals surface area contributed by atoms with Crippen LogP contribution in [0.3, 0.4) is 0 Å². The number of benzene rings is 8. The Morgan fingerprint density at radius 1 is 0.521 bits per heavy atom. The third-order valence-electron chi connectivity index (χ3n) is 17.9. The predicted octanol–water partition coefficient (Wildman–Crippen LogP) is 17.7. The van der Waals surface area contributed by atoms with E-state index in [2.05, 4.69) is 213 Å². The molecule has 0 N–H and O–H groups in total. The van der Waals surface area contributed by atoms with Gasteiger partial charge in [-0.15, -0.1) is 0 Å². The molecule has 4 nitrogen and oxygen atoms in total. The van der Waals surface area contributed by atoms with Crippen LogP contribution in [0.1, 0.15) is 121 Å². The monoisotopic (exact) mass is 954 g/mol. The van der Waals surface area contributed by atoms with Crippen LogP contribution < -0.4 is 25.5 Å². The van der Waals surface area contributed by atoms with Crippen molar-refractivity contribution in [2.45, 2.75) is 129 Å². The molecule has 2 atom stereocenters. The lowest BCUT2D eigenvalue weighted by atomic mass is 9.42. The predicted molar refractivity (Wildman–Crippen MR) is 312 cm³/mol. The minimum absolute atomic E-state index is 0.0201. The fraction of sp³-hybridized carbons (Fsp3) is 0.294. The lowest BCUT2D eigenvalue weighted by Gasteiger charge is -2.55. The van der Waals surface area contributed by atoms with Gasteiger partial charge in [-0.2, -0.15) is 0 Å². The quantitative estimate of drug-likeness (QED) is 0.101. The van der Waals surface area contributed by atoms with Crippen molar-refractivity contribution < 1.29 is 4.42 Å². The minimum atomic E-state index is -0.113. The molecule has 1 saturated carbocycles. The van der Waals surface area contributed by atoms with Crippen LogP contribution in [0, 0.1) is 0 Å². The molecule has 0 saturated heterocycles.